The number of aliphatic carboxylic acids is 1. The van der Waals surface area contributed by atoms with E-state index in [-0.39, 0.29) is 0 Å². The molecule has 0 aliphatic carbocycles. The molecule has 6 heteroatoms. The Morgan fingerprint density at radius 3 is 2.37 bits per heavy atom. The van der Waals surface area contributed by atoms with Crippen LogP contribution in [-0.2, 0) is 14.3 Å². The van der Waals surface area contributed by atoms with Gasteiger partial charge >= 0.3 is 11.9 Å². The molecule has 1 rings (SSSR count). The minimum atomic E-state index is -1.86. The zero-order valence-corrected chi connectivity index (χ0v) is 11.4. The van der Waals surface area contributed by atoms with Crippen molar-refractivity contribution in [2.75, 3.05) is 5.32 Å². The lowest BCUT2D eigenvalue weighted by Gasteiger charge is -2.29. The average Bonchev–Trinajstić information content (AvgIpc) is 2.27. The van der Waals surface area contributed by atoms with Gasteiger partial charge in [-0.2, -0.15) is 0 Å². The Hall–Kier alpha value is -2.11. The zero-order valence-electron chi connectivity index (χ0n) is 11.4. The van der Waals surface area contributed by atoms with Crippen LogP contribution < -0.4 is 5.32 Å². The summed E-state index contributed by atoms with van der Waals surface area (Å²) >= 11 is 0. The standard InChI is InChI=1S/C13H18N2O4/c1-12(2,3)19-11(18)13(4,10(16)17)15-9-6-5-7-14-8-9/h5-8,15H,1-4H3,(H,16,17)/t13-/m0/s1. The van der Waals surface area contributed by atoms with Crippen LogP contribution in [0.1, 0.15) is 27.7 Å². The molecule has 1 atom stereocenters. The molecule has 0 bridgehead atoms. The Kier molecular flexibility index (Phi) is 4.14. The molecule has 0 fully saturated rings. The van der Waals surface area contributed by atoms with Crippen molar-refractivity contribution in [2.45, 2.75) is 38.8 Å². The van der Waals surface area contributed by atoms with Gasteiger partial charge in [0.1, 0.15) is 5.60 Å². The number of nitrogens with zero attached hydrogens (tertiary/aromatic N) is 1. The van der Waals surface area contributed by atoms with Crippen molar-refractivity contribution in [3.8, 4) is 0 Å². The molecule has 1 heterocycles. The maximum absolute atomic E-state index is 12.0. The molecule has 0 saturated carbocycles. The number of anilines is 1. The molecule has 0 saturated heterocycles. The highest BCUT2D eigenvalue weighted by Gasteiger charge is 2.44. The van der Waals surface area contributed by atoms with Crippen LogP contribution in [0.3, 0.4) is 0 Å². The van der Waals surface area contributed by atoms with Gasteiger partial charge in [-0.3, -0.25) is 4.98 Å². The van der Waals surface area contributed by atoms with E-state index in [0.717, 1.165) is 0 Å². The summed E-state index contributed by atoms with van der Waals surface area (Å²) in [6, 6.07) is 3.26. The van der Waals surface area contributed by atoms with Crippen molar-refractivity contribution in [3.05, 3.63) is 24.5 Å². The largest absolute Gasteiger partial charge is 0.479 e. The lowest BCUT2D eigenvalue weighted by molar-refractivity contribution is -0.166. The monoisotopic (exact) mass is 266 g/mol. The first-order valence-corrected chi connectivity index (χ1v) is 5.80. The lowest BCUT2D eigenvalue weighted by atomic mass is 10.0. The van der Waals surface area contributed by atoms with Crippen molar-refractivity contribution in [1.82, 2.24) is 4.98 Å². The van der Waals surface area contributed by atoms with Crippen LogP contribution >= 0.6 is 0 Å². The van der Waals surface area contributed by atoms with E-state index < -0.39 is 23.1 Å². The summed E-state index contributed by atoms with van der Waals surface area (Å²) in [4.78, 5) is 27.3. The van der Waals surface area contributed by atoms with Crippen LogP contribution in [0.5, 0.6) is 0 Å². The molecule has 104 valence electrons. The SMILES string of the molecule is CC(C)(C)OC(=O)[C@@](C)(Nc1cccnc1)C(=O)O. The first-order chi connectivity index (χ1) is 8.65. The molecule has 0 radical (unpaired) electrons. The number of carboxylic acid groups (broad SMARTS) is 1. The molecular weight excluding hydrogens is 248 g/mol. The van der Waals surface area contributed by atoms with Gasteiger partial charge in [0, 0.05) is 12.4 Å². The number of ether oxygens (including phenoxy) is 1. The van der Waals surface area contributed by atoms with E-state index in [1.807, 2.05) is 0 Å². The highest BCUT2D eigenvalue weighted by atomic mass is 16.6. The van der Waals surface area contributed by atoms with Crippen LogP contribution in [0.2, 0.25) is 0 Å². The van der Waals surface area contributed by atoms with Crippen molar-refractivity contribution in [2.24, 2.45) is 0 Å². The van der Waals surface area contributed by atoms with E-state index in [1.54, 1.807) is 39.1 Å². The molecule has 0 aliphatic heterocycles. The highest BCUT2D eigenvalue weighted by molar-refractivity contribution is 6.06. The molecule has 0 spiro atoms. The Labute approximate surface area is 111 Å². The summed E-state index contributed by atoms with van der Waals surface area (Å²) in [6.45, 7) is 6.29. The molecule has 0 aliphatic rings. The molecule has 6 nitrogen and oxygen atoms in total. The predicted octanol–water partition coefficient (Wildman–Crippen LogP) is 1.68. The van der Waals surface area contributed by atoms with Gasteiger partial charge in [-0.05, 0) is 39.8 Å². The molecule has 0 unspecified atom stereocenters. The van der Waals surface area contributed by atoms with Gasteiger partial charge in [0.15, 0.2) is 0 Å². The third kappa shape index (κ3) is 3.94. The van der Waals surface area contributed by atoms with Crippen LogP contribution in [0.25, 0.3) is 0 Å². The smallest absolute Gasteiger partial charge is 0.343 e. The van der Waals surface area contributed by atoms with Gasteiger partial charge in [-0.15, -0.1) is 0 Å². The third-order valence-electron chi connectivity index (χ3n) is 2.29. The number of rotatable bonds is 4. The van der Waals surface area contributed by atoms with Crippen molar-refractivity contribution >= 4 is 17.6 Å². The summed E-state index contributed by atoms with van der Waals surface area (Å²) in [6.07, 6.45) is 2.99. The predicted molar refractivity (Wildman–Crippen MR) is 69.7 cm³/mol. The second-order valence-corrected chi connectivity index (χ2v) is 5.30. The second kappa shape index (κ2) is 5.26. The fraction of sp³-hybridized carbons (Fsp3) is 0.462. The van der Waals surface area contributed by atoms with Gasteiger partial charge in [-0.25, -0.2) is 9.59 Å². The van der Waals surface area contributed by atoms with Crippen LogP contribution in [0, 0.1) is 0 Å². The summed E-state index contributed by atoms with van der Waals surface area (Å²) in [5, 5.41) is 11.9. The number of carbonyl (C=O) groups excluding carboxylic acids is 1. The first kappa shape index (κ1) is 14.9. The van der Waals surface area contributed by atoms with E-state index in [4.69, 9.17) is 4.74 Å². The number of hydrogen-bond donors (Lipinski definition) is 2. The molecule has 19 heavy (non-hydrogen) atoms. The van der Waals surface area contributed by atoms with Crippen LogP contribution in [0.15, 0.2) is 24.5 Å². The van der Waals surface area contributed by atoms with Crippen molar-refractivity contribution < 1.29 is 19.4 Å². The van der Waals surface area contributed by atoms with Gasteiger partial charge in [0.25, 0.3) is 0 Å². The Bertz CT molecular complexity index is 467. The van der Waals surface area contributed by atoms with Crippen molar-refractivity contribution in [1.29, 1.82) is 0 Å². The summed E-state index contributed by atoms with van der Waals surface area (Å²) < 4.78 is 5.13. The molecular formula is C13H18N2O4. The number of carboxylic acids is 1. The maximum atomic E-state index is 12.0. The molecule has 1 aromatic heterocycles. The number of carbonyl (C=O) groups is 2. The molecule has 0 amide bonds. The zero-order chi connectivity index (χ0) is 14.7. The molecule has 2 N–H and O–H groups in total. The van der Waals surface area contributed by atoms with Crippen LogP contribution in [0.4, 0.5) is 5.69 Å². The Morgan fingerprint density at radius 1 is 1.32 bits per heavy atom. The summed E-state index contributed by atoms with van der Waals surface area (Å²) in [5.41, 5.74) is -2.20. The second-order valence-electron chi connectivity index (χ2n) is 5.30. The lowest BCUT2D eigenvalue weighted by Crippen LogP contribution is -2.53. The van der Waals surface area contributed by atoms with E-state index >= 15 is 0 Å². The minimum absolute atomic E-state index is 0.429. The average molecular weight is 266 g/mol. The number of nitrogens with one attached hydrogen (secondary N) is 1. The third-order valence-corrected chi connectivity index (χ3v) is 2.29. The topological polar surface area (TPSA) is 88.5 Å². The number of hydrogen-bond acceptors (Lipinski definition) is 5. The summed E-state index contributed by atoms with van der Waals surface area (Å²) in [5.74, 6) is -2.16. The van der Waals surface area contributed by atoms with Gasteiger partial charge in [0.05, 0.1) is 5.69 Å². The molecule has 0 aromatic carbocycles. The van der Waals surface area contributed by atoms with Crippen molar-refractivity contribution in [3.63, 3.8) is 0 Å². The van der Waals surface area contributed by atoms with E-state index in [0.29, 0.717) is 5.69 Å². The van der Waals surface area contributed by atoms with E-state index in [9.17, 15) is 14.7 Å². The number of aromatic nitrogens is 1. The fourth-order valence-electron chi connectivity index (χ4n) is 1.30. The normalized spacial score (nSPS) is 14.3. The van der Waals surface area contributed by atoms with Gasteiger partial charge in [0.2, 0.25) is 5.54 Å². The van der Waals surface area contributed by atoms with E-state index in [1.165, 1.54) is 13.1 Å². The maximum Gasteiger partial charge on any atom is 0.343 e. The fourth-order valence-corrected chi connectivity index (χ4v) is 1.30. The van der Waals surface area contributed by atoms with E-state index in [2.05, 4.69) is 10.3 Å². The highest BCUT2D eigenvalue weighted by Crippen LogP contribution is 2.19. The number of esters is 1. The summed E-state index contributed by atoms with van der Waals surface area (Å²) in [7, 11) is 0. The first-order valence-electron chi connectivity index (χ1n) is 5.80. The Balaban J connectivity index is 2.98. The van der Waals surface area contributed by atoms with Crippen LogP contribution in [-0.4, -0.2) is 33.2 Å². The van der Waals surface area contributed by atoms with Gasteiger partial charge < -0.3 is 15.2 Å². The minimum Gasteiger partial charge on any atom is -0.479 e. The molecule has 1 aromatic rings. The number of pyridine rings is 1. The quantitative estimate of drug-likeness (QED) is 0.636. The Morgan fingerprint density at radius 2 is 1.95 bits per heavy atom. The van der Waals surface area contributed by atoms with Gasteiger partial charge in [-0.1, -0.05) is 0 Å².